The number of non-ortho nitro benzene ring substituents is 1. The molecule has 25 heavy (non-hydrogen) atoms. The van der Waals surface area contributed by atoms with E-state index in [0.29, 0.717) is 6.54 Å². The van der Waals surface area contributed by atoms with Crippen molar-refractivity contribution in [3.8, 4) is 0 Å². The van der Waals surface area contributed by atoms with Gasteiger partial charge in [-0.25, -0.2) is 8.42 Å². The third kappa shape index (κ3) is 3.95. The molecular formula is C17H19IN2O4S. The first-order chi connectivity index (χ1) is 11.9. The van der Waals surface area contributed by atoms with Crippen molar-refractivity contribution in [2.45, 2.75) is 40.5 Å². The fourth-order valence-corrected chi connectivity index (χ4v) is 5.47. The molecule has 0 amide bonds. The van der Waals surface area contributed by atoms with Crippen molar-refractivity contribution < 1.29 is 13.3 Å². The molecule has 1 heterocycles. The minimum Gasteiger partial charge on any atom is -0.258 e. The summed E-state index contributed by atoms with van der Waals surface area (Å²) in [5, 5.41) is 10.8. The second-order valence-corrected chi connectivity index (χ2v) is 9.46. The van der Waals surface area contributed by atoms with Crippen LogP contribution < -0.4 is 0 Å². The Morgan fingerprint density at radius 1 is 1.20 bits per heavy atom. The Kier molecular flexibility index (Phi) is 5.59. The molecule has 134 valence electrons. The Morgan fingerprint density at radius 2 is 1.92 bits per heavy atom. The first kappa shape index (κ1) is 18.5. The normalized spacial score (nSPS) is 26.0. The van der Waals surface area contributed by atoms with E-state index in [-0.39, 0.29) is 20.5 Å². The molecule has 1 aromatic carbocycles. The molecule has 2 aliphatic rings. The molecule has 0 fully saturated rings. The van der Waals surface area contributed by atoms with Gasteiger partial charge in [-0.2, -0.15) is 4.31 Å². The van der Waals surface area contributed by atoms with Gasteiger partial charge in [-0.1, -0.05) is 47.2 Å². The highest BCUT2D eigenvalue weighted by atomic mass is 127. The Hall–Kier alpha value is -1.26. The maximum atomic E-state index is 13.1. The van der Waals surface area contributed by atoms with E-state index < -0.39 is 14.9 Å². The molecule has 1 aliphatic carbocycles. The minimum absolute atomic E-state index is 0.105. The lowest BCUT2D eigenvalue weighted by molar-refractivity contribution is -0.384. The molecule has 0 radical (unpaired) electrons. The molecule has 8 heteroatoms. The number of nitro groups is 1. The van der Waals surface area contributed by atoms with Crippen LogP contribution in [0.3, 0.4) is 0 Å². The molecule has 2 unspecified atom stereocenters. The van der Waals surface area contributed by atoms with Crippen LogP contribution in [0.5, 0.6) is 0 Å². The summed E-state index contributed by atoms with van der Waals surface area (Å²) in [5.41, 5.74) is 0.994. The van der Waals surface area contributed by atoms with Crippen LogP contribution in [0.4, 0.5) is 5.69 Å². The number of allylic oxidation sites excluding steroid dienone is 2. The number of benzene rings is 1. The summed E-state index contributed by atoms with van der Waals surface area (Å²) in [6, 6.07) is 4.98. The molecule has 0 aromatic heterocycles. The maximum absolute atomic E-state index is 13.1. The van der Waals surface area contributed by atoms with E-state index in [0.717, 1.165) is 31.3 Å². The summed E-state index contributed by atoms with van der Waals surface area (Å²) in [5.74, 6) is 0. The summed E-state index contributed by atoms with van der Waals surface area (Å²) in [7, 11) is -3.68. The minimum atomic E-state index is -3.68. The molecule has 6 nitrogen and oxygen atoms in total. The average molecular weight is 474 g/mol. The van der Waals surface area contributed by atoms with Crippen LogP contribution >= 0.6 is 22.6 Å². The number of fused-ring (bicyclic) bond motifs is 1. The van der Waals surface area contributed by atoms with Gasteiger partial charge in [0.25, 0.3) is 5.69 Å². The molecule has 0 saturated heterocycles. The van der Waals surface area contributed by atoms with E-state index in [2.05, 4.69) is 40.8 Å². The van der Waals surface area contributed by atoms with Crippen LogP contribution in [0.15, 0.2) is 53.0 Å². The maximum Gasteiger partial charge on any atom is 0.269 e. The van der Waals surface area contributed by atoms with Gasteiger partial charge in [0.1, 0.15) is 0 Å². The fraction of sp³-hybridized carbons (Fsp3) is 0.412. The van der Waals surface area contributed by atoms with Gasteiger partial charge >= 0.3 is 0 Å². The zero-order chi connectivity index (χ0) is 18.0. The molecule has 0 N–H and O–H groups in total. The first-order valence-corrected chi connectivity index (χ1v) is 10.9. The molecule has 3 rings (SSSR count). The predicted octanol–water partition coefficient (Wildman–Crippen LogP) is 3.83. The second-order valence-electron chi connectivity index (χ2n) is 6.22. The quantitative estimate of drug-likeness (QED) is 0.219. The SMILES string of the molecule is O=[N+]([O-])c1ccc(S(=O)(=O)N2CC3=CC2CCCC/C=C\C3I)cc1. The van der Waals surface area contributed by atoms with Crippen molar-refractivity contribution in [1.29, 1.82) is 0 Å². The fourth-order valence-electron chi connectivity index (χ4n) is 3.18. The summed E-state index contributed by atoms with van der Waals surface area (Å²) in [4.78, 5) is 10.3. The molecule has 0 saturated carbocycles. The Bertz CT molecular complexity index is 818. The van der Waals surface area contributed by atoms with E-state index >= 15 is 0 Å². The van der Waals surface area contributed by atoms with Crippen LogP contribution in [0.2, 0.25) is 0 Å². The van der Waals surface area contributed by atoms with E-state index in [1.165, 1.54) is 28.6 Å². The smallest absolute Gasteiger partial charge is 0.258 e. The van der Waals surface area contributed by atoms with Crippen LogP contribution in [0.25, 0.3) is 0 Å². The number of halogens is 1. The van der Waals surface area contributed by atoms with Crippen molar-refractivity contribution in [2.24, 2.45) is 0 Å². The molecule has 1 aromatic rings. The Labute approximate surface area is 160 Å². The van der Waals surface area contributed by atoms with Crippen LogP contribution in [-0.4, -0.2) is 34.2 Å². The van der Waals surface area contributed by atoms with Gasteiger partial charge in [0, 0.05) is 24.7 Å². The van der Waals surface area contributed by atoms with Gasteiger partial charge in [0.15, 0.2) is 0 Å². The summed E-state index contributed by atoms with van der Waals surface area (Å²) in [6.07, 6.45) is 10.2. The van der Waals surface area contributed by atoms with Crippen molar-refractivity contribution in [2.75, 3.05) is 6.54 Å². The first-order valence-electron chi connectivity index (χ1n) is 8.17. The number of alkyl halides is 1. The number of nitro benzene ring substituents is 1. The van der Waals surface area contributed by atoms with Gasteiger partial charge in [0.2, 0.25) is 10.0 Å². The highest BCUT2D eigenvalue weighted by molar-refractivity contribution is 14.1. The third-order valence-corrected chi connectivity index (χ3v) is 7.65. The molecular weight excluding hydrogens is 455 g/mol. The number of rotatable bonds is 3. The molecule has 0 spiro atoms. The topological polar surface area (TPSA) is 80.5 Å². The number of hydrogen-bond acceptors (Lipinski definition) is 4. The molecule has 2 bridgehead atoms. The van der Waals surface area contributed by atoms with Crippen molar-refractivity contribution in [3.05, 3.63) is 58.2 Å². The lowest BCUT2D eigenvalue weighted by atomic mass is 10.1. The lowest BCUT2D eigenvalue weighted by Crippen LogP contribution is -2.36. The zero-order valence-electron chi connectivity index (χ0n) is 13.5. The summed E-state index contributed by atoms with van der Waals surface area (Å²) < 4.78 is 27.9. The molecule has 1 aliphatic heterocycles. The Balaban J connectivity index is 1.89. The standard InChI is InChI=1S/C17H19IN2O4S/c18-17-6-4-2-1-3-5-15-11-13(17)12-19(15)25(23,24)16-9-7-14(8-10-16)20(21)22/h4,6-11,15,17H,1-3,5,12H2/b6-4-. The Morgan fingerprint density at radius 3 is 2.60 bits per heavy atom. The third-order valence-electron chi connectivity index (χ3n) is 4.55. The van der Waals surface area contributed by atoms with Crippen molar-refractivity contribution in [3.63, 3.8) is 0 Å². The second kappa shape index (κ2) is 7.55. The van der Waals surface area contributed by atoms with Gasteiger partial charge in [-0.3, -0.25) is 10.1 Å². The van der Waals surface area contributed by atoms with E-state index in [4.69, 9.17) is 0 Å². The summed E-state index contributed by atoms with van der Waals surface area (Å²) >= 11 is 2.33. The van der Waals surface area contributed by atoms with Gasteiger partial charge in [-0.15, -0.1) is 0 Å². The van der Waals surface area contributed by atoms with Crippen molar-refractivity contribution in [1.82, 2.24) is 4.31 Å². The lowest BCUT2D eigenvalue weighted by Gasteiger charge is -2.24. The highest BCUT2D eigenvalue weighted by Crippen LogP contribution is 2.33. The van der Waals surface area contributed by atoms with Crippen LogP contribution in [0, 0.1) is 10.1 Å². The number of hydrogen-bond donors (Lipinski definition) is 0. The molecule has 2 atom stereocenters. The summed E-state index contributed by atoms with van der Waals surface area (Å²) in [6.45, 7) is 0.377. The predicted molar refractivity (Wildman–Crippen MR) is 104 cm³/mol. The monoisotopic (exact) mass is 474 g/mol. The van der Waals surface area contributed by atoms with Crippen molar-refractivity contribution >= 4 is 38.3 Å². The van der Waals surface area contributed by atoms with E-state index in [9.17, 15) is 18.5 Å². The van der Waals surface area contributed by atoms with E-state index in [1.54, 1.807) is 0 Å². The highest BCUT2D eigenvalue weighted by Gasteiger charge is 2.36. The van der Waals surface area contributed by atoms with Crippen LogP contribution in [-0.2, 0) is 10.0 Å². The number of nitrogens with zero attached hydrogens (tertiary/aromatic N) is 2. The number of sulfonamides is 1. The average Bonchev–Trinajstić information content (AvgIpc) is 3.02. The van der Waals surface area contributed by atoms with E-state index in [1.807, 2.05) is 0 Å². The van der Waals surface area contributed by atoms with Crippen LogP contribution in [0.1, 0.15) is 25.7 Å². The zero-order valence-corrected chi connectivity index (χ0v) is 16.5. The van der Waals surface area contributed by atoms with Gasteiger partial charge in [-0.05, 0) is 37.0 Å². The largest absolute Gasteiger partial charge is 0.269 e. The van der Waals surface area contributed by atoms with Gasteiger partial charge < -0.3 is 0 Å². The van der Waals surface area contributed by atoms with Gasteiger partial charge in [0.05, 0.1) is 13.7 Å².